The van der Waals surface area contributed by atoms with Gasteiger partial charge < -0.3 is 4.98 Å². The first kappa shape index (κ1) is 15.6. The average Bonchev–Trinajstić information content (AvgIpc) is 2.78. The predicted octanol–water partition coefficient (Wildman–Crippen LogP) is 4.66. The fraction of sp³-hybridized carbons (Fsp3) is 0.417. The molecule has 1 unspecified atom stereocenters. The molecule has 114 valence electrons. The number of nitrogens with one attached hydrogen (secondary N) is 1. The van der Waals surface area contributed by atoms with Crippen LogP contribution in [-0.2, 0) is 6.18 Å². The second-order valence-corrected chi connectivity index (χ2v) is 5.05. The largest absolute Gasteiger partial charge is 0.418 e. The third-order valence-corrected chi connectivity index (χ3v) is 3.66. The Bertz CT molecular complexity index is 712. The van der Waals surface area contributed by atoms with Gasteiger partial charge in [-0.2, -0.15) is 13.2 Å². The van der Waals surface area contributed by atoms with Gasteiger partial charge >= 0.3 is 11.9 Å². The average molecular weight is 322 g/mol. The number of nitro groups is 1. The van der Waals surface area contributed by atoms with Crippen LogP contribution >= 0.6 is 11.6 Å². The monoisotopic (exact) mass is 321 g/mol. The number of fused-ring (bicyclic) bond motifs is 1. The van der Waals surface area contributed by atoms with Crippen molar-refractivity contribution in [3.63, 3.8) is 0 Å². The minimum Gasteiger partial charge on any atom is -0.342 e. The molecule has 1 aromatic carbocycles. The summed E-state index contributed by atoms with van der Waals surface area (Å²) >= 11 is 5.57. The highest BCUT2D eigenvalue weighted by molar-refractivity contribution is 6.34. The van der Waals surface area contributed by atoms with Gasteiger partial charge in [0.15, 0.2) is 5.52 Å². The molecule has 0 radical (unpaired) electrons. The molecule has 0 aliphatic carbocycles. The van der Waals surface area contributed by atoms with E-state index in [0.29, 0.717) is 12.2 Å². The van der Waals surface area contributed by atoms with E-state index >= 15 is 0 Å². The molecule has 0 saturated heterocycles. The SMILES string of the molecule is CCC(C)c1nc2c([N+](=O)[O-])c(Cl)c(C(F)(F)F)cc2[nH]1. The zero-order chi connectivity index (χ0) is 15.9. The highest BCUT2D eigenvalue weighted by Crippen LogP contribution is 2.43. The Hall–Kier alpha value is -1.83. The third-order valence-electron chi connectivity index (χ3n) is 3.27. The van der Waals surface area contributed by atoms with Crippen molar-refractivity contribution in [1.82, 2.24) is 9.97 Å². The molecule has 0 amide bonds. The standard InChI is InChI=1S/C12H11ClF3N3O2/c1-3-5(2)11-17-7-4-6(12(14,15)16)8(13)10(19(20)21)9(7)18-11/h4-5H,3H2,1-2H3,(H,17,18). The van der Waals surface area contributed by atoms with Crippen LogP contribution in [0.3, 0.4) is 0 Å². The van der Waals surface area contributed by atoms with E-state index in [1.54, 1.807) is 0 Å². The van der Waals surface area contributed by atoms with Crippen LogP contribution in [-0.4, -0.2) is 14.9 Å². The van der Waals surface area contributed by atoms with Gasteiger partial charge in [0, 0.05) is 5.92 Å². The number of benzene rings is 1. The Morgan fingerprint density at radius 3 is 2.62 bits per heavy atom. The number of halogens is 4. The maximum absolute atomic E-state index is 12.9. The molecule has 1 heterocycles. The van der Waals surface area contributed by atoms with Crippen LogP contribution < -0.4 is 0 Å². The minimum atomic E-state index is -4.78. The molecule has 0 spiro atoms. The summed E-state index contributed by atoms with van der Waals surface area (Å²) in [6.45, 7) is 3.69. The van der Waals surface area contributed by atoms with Gasteiger partial charge in [0.2, 0.25) is 0 Å². The summed E-state index contributed by atoms with van der Waals surface area (Å²) in [6, 6.07) is 0.754. The molecule has 0 aliphatic rings. The topological polar surface area (TPSA) is 71.8 Å². The molecule has 5 nitrogen and oxygen atoms in total. The van der Waals surface area contributed by atoms with Gasteiger partial charge in [-0.1, -0.05) is 25.4 Å². The molecule has 1 aromatic heterocycles. The van der Waals surface area contributed by atoms with Crippen molar-refractivity contribution in [3.05, 3.63) is 32.6 Å². The Balaban J connectivity index is 2.82. The van der Waals surface area contributed by atoms with Crippen LogP contribution in [0.15, 0.2) is 6.07 Å². The molecule has 2 aromatic rings. The van der Waals surface area contributed by atoms with Crippen LogP contribution in [0.2, 0.25) is 5.02 Å². The van der Waals surface area contributed by atoms with Crippen molar-refractivity contribution in [2.24, 2.45) is 0 Å². The normalized spacial score (nSPS) is 13.6. The molecule has 0 aliphatic heterocycles. The smallest absolute Gasteiger partial charge is 0.342 e. The fourth-order valence-electron chi connectivity index (χ4n) is 1.93. The summed E-state index contributed by atoms with van der Waals surface area (Å²) in [4.78, 5) is 16.9. The Kier molecular flexibility index (Phi) is 3.83. The minimum absolute atomic E-state index is 0.0475. The number of hydrogen-bond acceptors (Lipinski definition) is 3. The van der Waals surface area contributed by atoms with E-state index in [0.717, 1.165) is 6.07 Å². The molecule has 9 heteroatoms. The van der Waals surface area contributed by atoms with Crippen LogP contribution in [0.5, 0.6) is 0 Å². The van der Waals surface area contributed by atoms with Crippen LogP contribution in [0.4, 0.5) is 18.9 Å². The molecule has 2 rings (SSSR count). The summed E-state index contributed by atoms with van der Waals surface area (Å²) in [5, 5.41) is 10.1. The maximum atomic E-state index is 12.9. The number of nitro benzene ring substituents is 1. The zero-order valence-corrected chi connectivity index (χ0v) is 11.8. The molecule has 0 fully saturated rings. The number of hydrogen-bond donors (Lipinski definition) is 1. The van der Waals surface area contributed by atoms with E-state index in [9.17, 15) is 23.3 Å². The number of H-pyrrole nitrogens is 1. The number of aromatic nitrogens is 2. The van der Waals surface area contributed by atoms with E-state index in [-0.39, 0.29) is 17.0 Å². The summed E-state index contributed by atoms with van der Waals surface area (Å²) in [5.74, 6) is 0.330. The molecule has 0 bridgehead atoms. The van der Waals surface area contributed by atoms with Crippen LogP contribution in [0, 0.1) is 10.1 Å². The molecule has 21 heavy (non-hydrogen) atoms. The van der Waals surface area contributed by atoms with Gasteiger partial charge in [-0.3, -0.25) is 10.1 Å². The van der Waals surface area contributed by atoms with Crippen LogP contribution in [0.1, 0.15) is 37.6 Å². The summed E-state index contributed by atoms with van der Waals surface area (Å²) in [7, 11) is 0. The van der Waals surface area contributed by atoms with Crippen molar-refractivity contribution >= 4 is 28.3 Å². The third kappa shape index (κ3) is 2.67. The lowest BCUT2D eigenvalue weighted by molar-refractivity contribution is -0.383. The first-order chi connectivity index (χ1) is 9.66. The van der Waals surface area contributed by atoms with Gasteiger partial charge in [0.1, 0.15) is 10.8 Å². The number of imidazole rings is 1. The molecule has 1 atom stereocenters. The van der Waals surface area contributed by atoms with Crippen molar-refractivity contribution in [3.8, 4) is 0 Å². The molecular formula is C12H11ClF3N3O2. The van der Waals surface area contributed by atoms with Gasteiger partial charge in [-0.25, -0.2) is 4.98 Å². The number of rotatable bonds is 3. The lowest BCUT2D eigenvalue weighted by Gasteiger charge is -2.08. The highest BCUT2D eigenvalue weighted by Gasteiger charge is 2.38. The molecular weight excluding hydrogens is 311 g/mol. The fourth-order valence-corrected chi connectivity index (χ4v) is 2.25. The zero-order valence-electron chi connectivity index (χ0n) is 11.1. The van der Waals surface area contributed by atoms with Crippen molar-refractivity contribution < 1.29 is 18.1 Å². The first-order valence-electron chi connectivity index (χ1n) is 6.10. The second-order valence-electron chi connectivity index (χ2n) is 4.67. The van der Waals surface area contributed by atoms with E-state index in [1.165, 1.54) is 0 Å². The second kappa shape index (κ2) is 5.18. The maximum Gasteiger partial charge on any atom is 0.418 e. The summed E-state index contributed by atoms with van der Waals surface area (Å²) in [5.41, 5.74) is -2.28. The number of nitrogens with zero attached hydrogens (tertiary/aromatic N) is 2. The van der Waals surface area contributed by atoms with E-state index in [1.807, 2.05) is 13.8 Å². The Morgan fingerprint density at radius 2 is 2.14 bits per heavy atom. The molecule has 0 saturated carbocycles. The first-order valence-corrected chi connectivity index (χ1v) is 6.48. The van der Waals surface area contributed by atoms with Crippen LogP contribution in [0.25, 0.3) is 11.0 Å². The Morgan fingerprint density at radius 1 is 1.52 bits per heavy atom. The molecule has 1 N–H and O–H groups in total. The van der Waals surface area contributed by atoms with E-state index < -0.39 is 27.4 Å². The highest BCUT2D eigenvalue weighted by atomic mass is 35.5. The predicted molar refractivity (Wildman–Crippen MR) is 71.5 cm³/mol. The lowest BCUT2D eigenvalue weighted by atomic mass is 10.1. The number of aromatic amines is 1. The van der Waals surface area contributed by atoms with Gasteiger partial charge in [-0.15, -0.1) is 0 Å². The van der Waals surface area contributed by atoms with Crippen molar-refractivity contribution in [2.75, 3.05) is 0 Å². The summed E-state index contributed by atoms with van der Waals surface area (Å²) in [6.07, 6.45) is -4.09. The quantitative estimate of drug-likeness (QED) is 0.660. The van der Waals surface area contributed by atoms with E-state index in [4.69, 9.17) is 11.6 Å². The Labute approximate surface area is 122 Å². The lowest BCUT2D eigenvalue weighted by Crippen LogP contribution is -2.07. The van der Waals surface area contributed by atoms with Crippen molar-refractivity contribution in [1.29, 1.82) is 0 Å². The van der Waals surface area contributed by atoms with Gasteiger partial charge in [0.05, 0.1) is 16.0 Å². The van der Waals surface area contributed by atoms with E-state index in [2.05, 4.69) is 9.97 Å². The number of alkyl halides is 3. The van der Waals surface area contributed by atoms with Gasteiger partial charge in [0.25, 0.3) is 0 Å². The summed E-state index contributed by atoms with van der Waals surface area (Å²) < 4.78 is 38.7. The van der Waals surface area contributed by atoms with Gasteiger partial charge in [-0.05, 0) is 12.5 Å². The van der Waals surface area contributed by atoms with Crippen molar-refractivity contribution in [2.45, 2.75) is 32.4 Å².